The third-order valence-electron chi connectivity index (χ3n) is 3.60. The van der Waals surface area contributed by atoms with Gasteiger partial charge in [-0.3, -0.25) is 4.79 Å². The molecule has 0 spiro atoms. The minimum Gasteiger partial charge on any atom is -0.434 e. The van der Waals surface area contributed by atoms with Gasteiger partial charge in [-0.1, -0.05) is 6.92 Å². The molecule has 2 atom stereocenters. The largest absolute Gasteiger partial charge is 0.434 e. The second-order valence-corrected chi connectivity index (χ2v) is 5.10. The van der Waals surface area contributed by atoms with Gasteiger partial charge in [0.15, 0.2) is 0 Å². The lowest BCUT2D eigenvalue weighted by Gasteiger charge is -2.34. The molecular formula is C14H16F3NO3. The fraction of sp³-hybridized carbons (Fsp3) is 0.500. The summed E-state index contributed by atoms with van der Waals surface area (Å²) in [5, 5.41) is 9.80. The van der Waals surface area contributed by atoms with Gasteiger partial charge < -0.3 is 14.7 Å². The van der Waals surface area contributed by atoms with Crippen LogP contribution in [-0.2, 0) is 0 Å². The van der Waals surface area contributed by atoms with E-state index in [4.69, 9.17) is 0 Å². The van der Waals surface area contributed by atoms with E-state index in [1.54, 1.807) is 0 Å². The number of nitrogens with zero attached hydrogens (tertiary/aromatic N) is 1. The van der Waals surface area contributed by atoms with Crippen molar-refractivity contribution in [2.24, 2.45) is 5.92 Å². The lowest BCUT2D eigenvalue weighted by molar-refractivity contribution is -0.0505. The number of rotatable bonds is 3. The monoisotopic (exact) mass is 303 g/mol. The molecule has 1 heterocycles. The van der Waals surface area contributed by atoms with Crippen LogP contribution in [0.5, 0.6) is 5.75 Å². The maximum absolute atomic E-state index is 13.1. The van der Waals surface area contributed by atoms with Crippen molar-refractivity contribution in [1.82, 2.24) is 4.90 Å². The summed E-state index contributed by atoms with van der Waals surface area (Å²) >= 11 is 0. The average Bonchev–Trinajstić information content (AvgIpc) is 2.40. The van der Waals surface area contributed by atoms with Gasteiger partial charge in [-0.05, 0) is 24.5 Å². The van der Waals surface area contributed by atoms with Gasteiger partial charge in [0.25, 0.3) is 5.91 Å². The van der Waals surface area contributed by atoms with Crippen molar-refractivity contribution in [1.29, 1.82) is 0 Å². The zero-order valence-electron chi connectivity index (χ0n) is 11.4. The van der Waals surface area contributed by atoms with Gasteiger partial charge in [-0.25, -0.2) is 4.39 Å². The first-order valence-electron chi connectivity index (χ1n) is 6.60. The zero-order valence-corrected chi connectivity index (χ0v) is 11.4. The van der Waals surface area contributed by atoms with Crippen LogP contribution in [0.25, 0.3) is 0 Å². The molecule has 4 nitrogen and oxygen atoms in total. The molecule has 1 saturated heterocycles. The summed E-state index contributed by atoms with van der Waals surface area (Å²) in [7, 11) is 0. The van der Waals surface area contributed by atoms with Gasteiger partial charge in [0.2, 0.25) is 0 Å². The van der Waals surface area contributed by atoms with E-state index in [1.807, 2.05) is 6.92 Å². The van der Waals surface area contributed by atoms with Crippen LogP contribution in [0.2, 0.25) is 0 Å². The van der Waals surface area contributed by atoms with Crippen molar-refractivity contribution in [3.8, 4) is 5.75 Å². The SMILES string of the molecule is CC1CCN(C(=O)c2ccc(F)cc2OC(F)F)CC1O. The van der Waals surface area contributed by atoms with Crippen LogP contribution >= 0.6 is 0 Å². The predicted octanol–water partition coefficient (Wildman–Crippen LogP) is 2.27. The summed E-state index contributed by atoms with van der Waals surface area (Å²) in [5.74, 6) is -1.76. The molecule has 116 valence electrons. The van der Waals surface area contributed by atoms with Gasteiger partial charge in [-0.15, -0.1) is 0 Å². The number of likely N-dealkylation sites (tertiary alicyclic amines) is 1. The number of halogens is 3. The molecule has 1 aliphatic rings. The van der Waals surface area contributed by atoms with Crippen LogP contribution < -0.4 is 4.74 Å². The predicted molar refractivity (Wildman–Crippen MR) is 68.7 cm³/mol. The van der Waals surface area contributed by atoms with Crippen LogP contribution in [0, 0.1) is 11.7 Å². The molecule has 1 amide bonds. The summed E-state index contributed by atoms with van der Waals surface area (Å²) in [6.45, 7) is -0.755. The highest BCUT2D eigenvalue weighted by atomic mass is 19.3. The molecule has 2 rings (SSSR count). The Bertz CT molecular complexity index is 524. The van der Waals surface area contributed by atoms with E-state index >= 15 is 0 Å². The van der Waals surface area contributed by atoms with Gasteiger partial charge in [0.1, 0.15) is 11.6 Å². The second kappa shape index (κ2) is 6.34. The van der Waals surface area contributed by atoms with Crippen molar-refractivity contribution in [3.05, 3.63) is 29.6 Å². The van der Waals surface area contributed by atoms with Gasteiger partial charge in [0, 0.05) is 19.2 Å². The molecule has 1 N–H and O–H groups in total. The van der Waals surface area contributed by atoms with Crippen LogP contribution in [0.1, 0.15) is 23.7 Å². The highest BCUT2D eigenvalue weighted by Crippen LogP contribution is 2.26. The molecule has 0 radical (unpaired) electrons. The Labute approximate surface area is 120 Å². The third-order valence-corrected chi connectivity index (χ3v) is 3.60. The quantitative estimate of drug-likeness (QED) is 0.932. The Morgan fingerprint density at radius 1 is 1.48 bits per heavy atom. The number of hydrogen-bond donors (Lipinski definition) is 1. The van der Waals surface area contributed by atoms with Crippen LogP contribution in [0.3, 0.4) is 0 Å². The highest BCUT2D eigenvalue weighted by molar-refractivity contribution is 5.97. The van der Waals surface area contributed by atoms with Crippen LogP contribution in [-0.4, -0.2) is 41.7 Å². The van der Waals surface area contributed by atoms with Crippen molar-refractivity contribution in [2.75, 3.05) is 13.1 Å². The van der Waals surface area contributed by atoms with E-state index in [0.717, 1.165) is 18.2 Å². The lowest BCUT2D eigenvalue weighted by Crippen LogP contribution is -2.45. The minimum absolute atomic E-state index is 0.0686. The number of hydrogen-bond acceptors (Lipinski definition) is 3. The van der Waals surface area contributed by atoms with Crippen molar-refractivity contribution in [2.45, 2.75) is 26.1 Å². The Hall–Kier alpha value is -1.76. The normalized spacial score (nSPS) is 22.5. The summed E-state index contributed by atoms with van der Waals surface area (Å²) < 4.78 is 42.0. The van der Waals surface area contributed by atoms with E-state index in [1.165, 1.54) is 4.90 Å². The number of ether oxygens (including phenoxy) is 1. The summed E-state index contributed by atoms with van der Waals surface area (Å²) in [6, 6.07) is 2.87. The summed E-state index contributed by atoms with van der Waals surface area (Å²) in [4.78, 5) is 13.7. The number of carbonyl (C=O) groups is 1. The van der Waals surface area contributed by atoms with Crippen molar-refractivity contribution < 1.29 is 27.8 Å². The first kappa shape index (κ1) is 15.6. The zero-order chi connectivity index (χ0) is 15.6. The molecule has 0 saturated carbocycles. The Morgan fingerprint density at radius 2 is 2.19 bits per heavy atom. The minimum atomic E-state index is -3.15. The number of carbonyl (C=O) groups excluding carboxylic acids is 1. The molecule has 0 bridgehead atoms. The number of β-amino-alcohol motifs (C(OH)–C–C–N with tert-alkyl or cyclic N) is 1. The molecule has 0 aliphatic carbocycles. The molecule has 0 aromatic heterocycles. The molecular weight excluding hydrogens is 287 g/mol. The molecule has 1 fully saturated rings. The first-order valence-corrected chi connectivity index (χ1v) is 6.60. The average molecular weight is 303 g/mol. The summed E-state index contributed by atoms with van der Waals surface area (Å²) in [5.41, 5.74) is -0.140. The molecule has 1 aromatic rings. The fourth-order valence-electron chi connectivity index (χ4n) is 2.27. The first-order chi connectivity index (χ1) is 9.88. The Kier molecular flexibility index (Phi) is 4.72. The number of piperidine rings is 1. The summed E-state index contributed by atoms with van der Waals surface area (Å²) in [6.07, 6.45) is -0.0540. The molecule has 21 heavy (non-hydrogen) atoms. The molecule has 7 heteroatoms. The van der Waals surface area contributed by atoms with E-state index < -0.39 is 30.2 Å². The van der Waals surface area contributed by atoms with Crippen molar-refractivity contribution >= 4 is 5.91 Å². The maximum Gasteiger partial charge on any atom is 0.387 e. The standard InChI is InChI=1S/C14H16F3NO3/c1-8-4-5-18(7-11(8)19)13(20)10-3-2-9(15)6-12(10)21-14(16)17/h2-3,6,8,11,14,19H,4-5,7H2,1H3. The van der Waals surface area contributed by atoms with Gasteiger partial charge in [-0.2, -0.15) is 8.78 Å². The third kappa shape index (κ3) is 3.66. The number of aliphatic hydroxyl groups excluding tert-OH is 1. The van der Waals surface area contributed by atoms with Crippen molar-refractivity contribution in [3.63, 3.8) is 0 Å². The topological polar surface area (TPSA) is 49.8 Å². The smallest absolute Gasteiger partial charge is 0.387 e. The van der Waals surface area contributed by atoms with E-state index in [9.17, 15) is 23.1 Å². The fourth-order valence-corrected chi connectivity index (χ4v) is 2.27. The van der Waals surface area contributed by atoms with Gasteiger partial charge in [0.05, 0.1) is 11.7 Å². The highest BCUT2D eigenvalue weighted by Gasteiger charge is 2.29. The number of alkyl halides is 2. The lowest BCUT2D eigenvalue weighted by atomic mass is 9.95. The van der Waals surface area contributed by atoms with E-state index in [2.05, 4.69) is 4.74 Å². The molecule has 2 unspecified atom stereocenters. The van der Waals surface area contributed by atoms with E-state index in [-0.39, 0.29) is 18.0 Å². The van der Waals surface area contributed by atoms with Crippen LogP contribution in [0.15, 0.2) is 18.2 Å². The van der Waals surface area contributed by atoms with E-state index in [0.29, 0.717) is 13.0 Å². The Balaban J connectivity index is 2.22. The number of amides is 1. The van der Waals surface area contributed by atoms with Crippen LogP contribution in [0.4, 0.5) is 13.2 Å². The van der Waals surface area contributed by atoms with Gasteiger partial charge >= 0.3 is 6.61 Å². The number of benzene rings is 1. The maximum atomic E-state index is 13.1. The molecule has 1 aromatic carbocycles. The molecule has 1 aliphatic heterocycles. The number of aliphatic hydroxyl groups is 1. The Morgan fingerprint density at radius 3 is 2.81 bits per heavy atom. The second-order valence-electron chi connectivity index (χ2n) is 5.10.